The zero-order valence-electron chi connectivity index (χ0n) is 27.2. The van der Waals surface area contributed by atoms with Crippen LogP contribution < -0.4 is 11.5 Å². The number of hydrogen-bond donors (Lipinski definition) is 2. The van der Waals surface area contributed by atoms with Crippen molar-refractivity contribution in [2.45, 2.75) is 59.3 Å². The molecule has 0 aliphatic rings. The first kappa shape index (κ1) is 32.1. The van der Waals surface area contributed by atoms with Crippen molar-refractivity contribution in [2.24, 2.45) is 20.5 Å². The number of benzene rings is 2. The van der Waals surface area contributed by atoms with Gasteiger partial charge in [0.15, 0.2) is 34.6 Å². The first-order valence-corrected chi connectivity index (χ1v) is 14.7. The summed E-state index contributed by atoms with van der Waals surface area (Å²) in [6, 6.07) is 19.5. The molecule has 0 amide bonds. The van der Waals surface area contributed by atoms with Crippen LogP contribution in [0.2, 0.25) is 0 Å². The summed E-state index contributed by atoms with van der Waals surface area (Å²) in [5.74, 6) is 1.60. The van der Waals surface area contributed by atoms with Crippen LogP contribution in [-0.2, 0) is 10.8 Å². The molecule has 3 aromatic heterocycles. The van der Waals surface area contributed by atoms with Crippen LogP contribution in [0.25, 0.3) is 11.6 Å². The van der Waals surface area contributed by atoms with Gasteiger partial charge in [0.25, 0.3) is 0 Å². The molecule has 5 aromatic rings. The Bertz CT molecular complexity index is 1970. The van der Waals surface area contributed by atoms with Gasteiger partial charge in [0.05, 0.1) is 46.0 Å². The van der Waals surface area contributed by atoms with Crippen molar-refractivity contribution in [3.63, 3.8) is 0 Å². The van der Waals surface area contributed by atoms with E-state index in [2.05, 4.69) is 42.6 Å². The fraction of sp³-hybridized carbons (Fsp3) is 0.273. The number of nitriles is 2. The summed E-state index contributed by atoms with van der Waals surface area (Å²) in [5.41, 5.74) is 16.3. The molecule has 0 spiro atoms. The van der Waals surface area contributed by atoms with Gasteiger partial charge < -0.3 is 11.5 Å². The van der Waals surface area contributed by atoms with Crippen molar-refractivity contribution < 1.29 is 0 Å². The summed E-state index contributed by atoms with van der Waals surface area (Å²) in [6.07, 6.45) is 0. The Morgan fingerprint density at radius 3 is 1.40 bits per heavy atom. The maximum absolute atomic E-state index is 9.26. The van der Waals surface area contributed by atoms with Crippen LogP contribution in [0.5, 0.6) is 0 Å². The number of aromatic nitrogens is 6. The number of azo groups is 2. The Labute approximate surface area is 272 Å². The minimum absolute atomic E-state index is 0.220. The average molecular weight is 627 g/mol. The Kier molecular flexibility index (Phi) is 8.37. The van der Waals surface area contributed by atoms with Crippen LogP contribution in [-0.4, -0.2) is 29.5 Å². The second-order valence-electron chi connectivity index (χ2n) is 12.8. The molecule has 47 heavy (non-hydrogen) atoms. The number of aryl methyl sites for hydroxylation is 1. The van der Waals surface area contributed by atoms with Crippen molar-refractivity contribution in [3.8, 4) is 23.8 Å². The molecule has 0 fully saturated rings. The van der Waals surface area contributed by atoms with E-state index in [0.717, 1.165) is 0 Å². The lowest BCUT2D eigenvalue weighted by atomic mass is 9.91. The summed E-state index contributed by atoms with van der Waals surface area (Å²) >= 11 is 0. The SMILES string of the molecule is Cc1nc(-n2nc(C(C)(C)C)c(/N=N/c3cccc(C#N)c3)c2N)cc(-n2nc(C(C)(C)C)c(/N=N/c3cccc(C#N)c3)c2N)n1. The fourth-order valence-electron chi connectivity index (χ4n) is 4.65. The minimum atomic E-state index is -0.451. The number of anilines is 2. The Balaban J connectivity index is 1.61. The Morgan fingerprint density at radius 1 is 0.638 bits per heavy atom. The summed E-state index contributed by atoms with van der Waals surface area (Å²) in [4.78, 5) is 9.24. The predicted molar refractivity (Wildman–Crippen MR) is 178 cm³/mol. The third-order valence-corrected chi connectivity index (χ3v) is 6.94. The molecule has 0 aliphatic carbocycles. The summed E-state index contributed by atoms with van der Waals surface area (Å²) < 4.78 is 2.98. The number of nitrogens with two attached hydrogens (primary N) is 2. The Hall–Kier alpha value is -6.28. The van der Waals surface area contributed by atoms with Crippen molar-refractivity contribution >= 4 is 34.4 Å². The van der Waals surface area contributed by atoms with Gasteiger partial charge in [-0.2, -0.15) is 40.3 Å². The lowest BCUT2D eigenvalue weighted by Crippen LogP contribution is -2.15. The van der Waals surface area contributed by atoms with Crippen molar-refractivity contribution in [1.29, 1.82) is 10.5 Å². The largest absolute Gasteiger partial charge is 0.382 e. The van der Waals surface area contributed by atoms with Crippen LogP contribution in [0.15, 0.2) is 75.1 Å². The summed E-state index contributed by atoms with van der Waals surface area (Å²) in [6.45, 7) is 13.7. The third kappa shape index (κ3) is 6.72. The molecule has 2 aromatic carbocycles. The molecule has 0 bridgehead atoms. The number of nitrogen functional groups attached to an aromatic ring is 2. The van der Waals surface area contributed by atoms with Crippen LogP contribution in [0.1, 0.15) is 69.9 Å². The summed E-state index contributed by atoms with van der Waals surface area (Å²) in [7, 11) is 0. The van der Waals surface area contributed by atoms with Crippen LogP contribution in [0, 0.1) is 29.6 Å². The monoisotopic (exact) mass is 626 g/mol. The van der Waals surface area contributed by atoms with E-state index in [0.29, 0.717) is 62.7 Å². The highest BCUT2D eigenvalue weighted by molar-refractivity contribution is 5.67. The molecule has 0 saturated carbocycles. The third-order valence-electron chi connectivity index (χ3n) is 6.94. The molecule has 0 saturated heterocycles. The topological polar surface area (TPSA) is 210 Å². The number of hydrogen-bond acceptors (Lipinski definition) is 12. The van der Waals surface area contributed by atoms with E-state index >= 15 is 0 Å². The normalized spacial score (nSPS) is 12.1. The average Bonchev–Trinajstić information content (AvgIpc) is 3.55. The molecule has 14 heteroatoms. The molecule has 3 heterocycles. The highest BCUT2D eigenvalue weighted by Gasteiger charge is 2.29. The molecule has 5 rings (SSSR count). The molecular formula is C33H34N14. The smallest absolute Gasteiger partial charge is 0.161 e. The van der Waals surface area contributed by atoms with Gasteiger partial charge in [-0.15, -0.1) is 10.2 Å². The first-order valence-electron chi connectivity index (χ1n) is 14.7. The minimum Gasteiger partial charge on any atom is -0.382 e. The molecule has 14 nitrogen and oxygen atoms in total. The number of nitrogens with zero attached hydrogens (tertiary/aromatic N) is 12. The van der Waals surface area contributed by atoms with Crippen molar-refractivity contribution in [1.82, 2.24) is 29.5 Å². The van der Waals surface area contributed by atoms with Crippen LogP contribution in [0.3, 0.4) is 0 Å². The van der Waals surface area contributed by atoms with Gasteiger partial charge >= 0.3 is 0 Å². The quantitative estimate of drug-likeness (QED) is 0.180. The van der Waals surface area contributed by atoms with E-state index in [1.54, 1.807) is 61.5 Å². The van der Waals surface area contributed by atoms with Gasteiger partial charge in [0.1, 0.15) is 5.82 Å². The van der Waals surface area contributed by atoms with E-state index in [4.69, 9.17) is 21.7 Å². The van der Waals surface area contributed by atoms with Crippen LogP contribution in [0.4, 0.5) is 34.4 Å². The molecule has 0 unspecified atom stereocenters. The van der Waals surface area contributed by atoms with Crippen molar-refractivity contribution in [3.05, 3.63) is 82.9 Å². The highest BCUT2D eigenvalue weighted by Crippen LogP contribution is 2.39. The van der Waals surface area contributed by atoms with E-state index in [-0.39, 0.29) is 11.6 Å². The molecule has 0 aliphatic heterocycles. The number of rotatable bonds is 6. The van der Waals surface area contributed by atoms with Crippen molar-refractivity contribution in [2.75, 3.05) is 11.5 Å². The molecule has 4 N–H and O–H groups in total. The highest BCUT2D eigenvalue weighted by atomic mass is 15.4. The van der Waals surface area contributed by atoms with E-state index < -0.39 is 10.8 Å². The lowest BCUT2D eigenvalue weighted by molar-refractivity contribution is 0.558. The predicted octanol–water partition coefficient (Wildman–Crippen LogP) is 7.49. The molecule has 0 radical (unpaired) electrons. The zero-order valence-corrected chi connectivity index (χ0v) is 27.2. The maximum Gasteiger partial charge on any atom is 0.161 e. The van der Waals surface area contributed by atoms with E-state index in [9.17, 15) is 10.5 Å². The van der Waals surface area contributed by atoms with Gasteiger partial charge in [0, 0.05) is 16.9 Å². The molecular weight excluding hydrogens is 592 g/mol. The van der Waals surface area contributed by atoms with E-state index in [1.807, 2.05) is 41.5 Å². The first-order chi connectivity index (χ1) is 22.2. The van der Waals surface area contributed by atoms with Gasteiger partial charge in [-0.25, -0.2) is 9.97 Å². The van der Waals surface area contributed by atoms with Crippen LogP contribution >= 0.6 is 0 Å². The molecule has 236 valence electrons. The second kappa shape index (κ2) is 12.3. The van der Waals surface area contributed by atoms with Gasteiger partial charge in [-0.05, 0) is 43.3 Å². The fourth-order valence-corrected chi connectivity index (χ4v) is 4.65. The van der Waals surface area contributed by atoms with Gasteiger partial charge in [-0.1, -0.05) is 53.7 Å². The second-order valence-corrected chi connectivity index (χ2v) is 12.8. The zero-order chi connectivity index (χ0) is 34.1. The van der Waals surface area contributed by atoms with E-state index in [1.165, 1.54) is 9.36 Å². The standard InChI is InChI=1S/C33H34N14/c1-19-38-24(46-30(36)26(28(44-46)32(2,3)4)42-40-22-12-8-10-20(14-22)17-34)16-25(39-19)47-31(37)27(29(45-47)33(5,6)7)43-41-23-13-9-11-21(15-23)18-35/h8-16H,36-37H2,1-7H3/b42-40+,43-41+. The molecule has 0 atom stereocenters. The maximum atomic E-state index is 9.26. The summed E-state index contributed by atoms with van der Waals surface area (Å²) in [5, 5.41) is 45.8. The Morgan fingerprint density at radius 2 is 1.04 bits per heavy atom. The van der Waals surface area contributed by atoms with Gasteiger partial charge in [0.2, 0.25) is 0 Å². The van der Waals surface area contributed by atoms with Gasteiger partial charge in [-0.3, -0.25) is 0 Å². The lowest BCUT2D eigenvalue weighted by Gasteiger charge is -2.15.